The van der Waals surface area contributed by atoms with Gasteiger partial charge in [-0.1, -0.05) is 72.8 Å². The quantitative estimate of drug-likeness (QED) is 0.700. The van der Waals surface area contributed by atoms with E-state index in [1.54, 1.807) is 0 Å². The Bertz CT molecular complexity index is 841. The zero-order valence-electron chi connectivity index (χ0n) is 15.2. The first kappa shape index (κ1) is 17.9. The number of allylic oxidation sites excluding steroid dienone is 6. The van der Waals surface area contributed by atoms with Crippen LogP contribution in [0.15, 0.2) is 78.9 Å². The van der Waals surface area contributed by atoms with Crippen LogP contribution in [0.4, 0.5) is 5.69 Å². The van der Waals surface area contributed by atoms with E-state index in [0.717, 1.165) is 30.5 Å². The van der Waals surface area contributed by atoms with Crippen molar-refractivity contribution >= 4 is 17.2 Å². The predicted octanol–water partition coefficient (Wildman–Crippen LogP) is 5.86. The summed E-state index contributed by atoms with van der Waals surface area (Å²) in [6.07, 6.45) is 14.0. The summed E-state index contributed by atoms with van der Waals surface area (Å²) in [4.78, 5) is 12.1. The number of para-hydroxylation sites is 1. The molecule has 0 aliphatic heterocycles. The first-order valence-corrected chi connectivity index (χ1v) is 9.20. The van der Waals surface area contributed by atoms with Crippen LogP contribution in [0.25, 0.3) is 5.57 Å². The molecule has 1 aliphatic carbocycles. The Balaban J connectivity index is 1.49. The van der Waals surface area contributed by atoms with Gasteiger partial charge >= 0.3 is 0 Å². The number of anilines is 1. The molecule has 2 nitrogen and oxygen atoms in total. The number of rotatable bonds is 6. The Morgan fingerprint density at radius 1 is 1.04 bits per heavy atom. The van der Waals surface area contributed by atoms with Crippen LogP contribution < -0.4 is 5.32 Å². The van der Waals surface area contributed by atoms with Crippen molar-refractivity contribution < 1.29 is 4.79 Å². The molecule has 0 unspecified atom stereocenters. The van der Waals surface area contributed by atoms with E-state index in [1.165, 1.54) is 16.7 Å². The molecule has 1 amide bonds. The van der Waals surface area contributed by atoms with Crippen LogP contribution in [-0.4, -0.2) is 5.91 Å². The maximum Gasteiger partial charge on any atom is 0.224 e. The van der Waals surface area contributed by atoms with Gasteiger partial charge in [0.15, 0.2) is 0 Å². The van der Waals surface area contributed by atoms with E-state index in [9.17, 15) is 4.79 Å². The number of hydrogen-bond acceptors (Lipinski definition) is 1. The lowest BCUT2D eigenvalue weighted by Crippen LogP contribution is -2.12. The summed E-state index contributed by atoms with van der Waals surface area (Å²) >= 11 is 0. The highest BCUT2D eigenvalue weighted by molar-refractivity contribution is 5.91. The second-order valence-electron chi connectivity index (χ2n) is 6.60. The van der Waals surface area contributed by atoms with Gasteiger partial charge in [0, 0.05) is 12.1 Å². The third kappa shape index (κ3) is 5.06. The van der Waals surface area contributed by atoms with Crippen LogP contribution in [0.1, 0.15) is 36.0 Å². The van der Waals surface area contributed by atoms with E-state index in [4.69, 9.17) is 0 Å². The molecule has 0 bridgehead atoms. The van der Waals surface area contributed by atoms with Crippen LogP contribution in [0.5, 0.6) is 0 Å². The molecule has 0 spiro atoms. The molecule has 0 fully saturated rings. The monoisotopic (exact) mass is 343 g/mol. The molecule has 0 aromatic heterocycles. The van der Waals surface area contributed by atoms with Crippen LogP contribution in [0.2, 0.25) is 0 Å². The van der Waals surface area contributed by atoms with Crippen LogP contribution in [-0.2, 0) is 11.2 Å². The molecule has 132 valence electrons. The third-order valence-corrected chi connectivity index (χ3v) is 4.56. The smallest absolute Gasteiger partial charge is 0.224 e. The van der Waals surface area contributed by atoms with E-state index in [-0.39, 0.29) is 5.91 Å². The molecular weight excluding hydrogens is 318 g/mol. The molecule has 0 heterocycles. The molecule has 0 saturated carbocycles. The van der Waals surface area contributed by atoms with Gasteiger partial charge in [-0.2, -0.15) is 0 Å². The molecular formula is C24H25NO. The van der Waals surface area contributed by atoms with Gasteiger partial charge in [0.1, 0.15) is 0 Å². The lowest BCUT2D eigenvalue weighted by molar-refractivity contribution is -0.116. The summed E-state index contributed by atoms with van der Waals surface area (Å²) in [5.41, 5.74) is 5.73. The molecule has 3 rings (SSSR count). The number of carbonyl (C=O) groups is 1. The topological polar surface area (TPSA) is 29.1 Å². The van der Waals surface area contributed by atoms with Gasteiger partial charge < -0.3 is 5.32 Å². The molecule has 1 N–H and O–H groups in total. The van der Waals surface area contributed by atoms with Crippen molar-refractivity contribution in [1.29, 1.82) is 0 Å². The lowest BCUT2D eigenvalue weighted by atomic mass is 10.0. The van der Waals surface area contributed by atoms with Crippen molar-refractivity contribution in [3.8, 4) is 0 Å². The van der Waals surface area contributed by atoms with Crippen molar-refractivity contribution in [2.75, 3.05) is 5.32 Å². The minimum absolute atomic E-state index is 0.0801. The molecule has 2 aromatic rings. The largest absolute Gasteiger partial charge is 0.326 e. The fraction of sp³-hybridized carbons (Fsp3) is 0.208. The number of carbonyl (C=O) groups excluding carboxylic acids is 1. The number of hydrogen-bond donors (Lipinski definition) is 1. The Hall–Kier alpha value is -2.87. The molecule has 2 heteroatoms. The van der Waals surface area contributed by atoms with Crippen molar-refractivity contribution in [2.45, 2.75) is 32.6 Å². The fourth-order valence-corrected chi connectivity index (χ4v) is 3.01. The van der Waals surface area contributed by atoms with Gasteiger partial charge in [0.2, 0.25) is 5.91 Å². The standard InChI is InChI=1S/C24H25NO/c1-19-9-6-7-13-23(19)25-24(26)14-8-10-20-15-17-22(18-16-20)21-11-4-2-3-5-12-21/h2,4-7,9,11-13,15-18H,3,8,10,14H2,1H3,(H,25,26). The Kier molecular flexibility index (Phi) is 6.21. The van der Waals surface area contributed by atoms with Gasteiger partial charge in [-0.3, -0.25) is 4.79 Å². The maximum absolute atomic E-state index is 12.1. The zero-order chi connectivity index (χ0) is 18.2. The highest BCUT2D eigenvalue weighted by atomic mass is 16.1. The van der Waals surface area contributed by atoms with Crippen molar-refractivity contribution in [3.63, 3.8) is 0 Å². The molecule has 0 radical (unpaired) electrons. The van der Waals surface area contributed by atoms with E-state index >= 15 is 0 Å². The van der Waals surface area contributed by atoms with Gasteiger partial charge in [-0.15, -0.1) is 0 Å². The maximum atomic E-state index is 12.1. The lowest BCUT2D eigenvalue weighted by Gasteiger charge is -2.08. The Labute approximate surface area is 156 Å². The third-order valence-electron chi connectivity index (χ3n) is 4.56. The number of nitrogens with one attached hydrogen (secondary N) is 1. The molecule has 0 saturated heterocycles. The first-order chi connectivity index (χ1) is 12.7. The summed E-state index contributed by atoms with van der Waals surface area (Å²) in [6.45, 7) is 2.01. The minimum Gasteiger partial charge on any atom is -0.326 e. The van der Waals surface area contributed by atoms with Gasteiger partial charge in [0.25, 0.3) is 0 Å². The van der Waals surface area contributed by atoms with Gasteiger partial charge in [-0.25, -0.2) is 0 Å². The average molecular weight is 343 g/mol. The first-order valence-electron chi connectivity index (χ1n) is 9.20. The van der Waals surface area contributed by atoms with Crippen molar-refractivity contribution in [1.82, 2.24) is 0 Å². The predicted molar refractivity (Wildman–Crippen MR) is 110 cm³/mol. The highest BCUT2D eigenvalue weighted by Crippen LogP contribution is 2.20. The van der Waals surface area contributed by atoms with Crippen LogP contribution in [0, 0.1) is 6.92 Å². The SMILES string of the molecule is Cc1ccccc1NC(=O)CCCc1ccc(C2=CC=CCC=C2)cc1. The second kappa shape index (κ2) is 9.00. The molecule has 2 aromatic carbocycles. The van der Waals surface area contributed by atoms with Gasteiger partial charge in [-0.05, 0) is 54.5 Å². The number of benzene rings is 2. The molecule has 26 heavy (non-hydrogen) atoms. The molecule has 1 aliphatic rings. The van der Waals surface area contributed by atoms with Crippen molar-refractivity contribution in [2.24, 2.45) is 0 Å². The summed E-state index contributed by atoms with van der Waals surface area (Å²) < 4.78 is 0. The summed E-state index contributed by atoms with van der Waals surface area (Å²) in [6, 6.07) is 16.5. The highest BCUT2D eigenvalue weighted by Gasteiger charge is 2.05. The minimum atomic E-state index is 0.0801. The Morgan fingerprint density at radius 3 is 2.65 bits per heavy atom. The Morgan fingerprint density at radius 2 is 1.85 bits per heavy atom. The van der Waals surface area contributed by atoms with Crippen LogP contribution in [0.3, 0.4) is 0 Å². The van der Waals surface area contributed by atoms with E-state index in [0.29, 0.717) is 6.42 Å². The summed E-state index contributed by atoms with van der Waals surface area (Å²) in [5, 5.41) is 2.99. The molecule has 0 atom stereocenters. The van der Waals surface area contributed by atoms with Gasteiger partial charge in [0.05, 0.1) is 0 Å². The van der Waals surface area contributed by atoms with E-state index in [1.807, 2.05) is 31.2 Å². The van der Waals surface area contributed by atoms with Crippen molar-refractivity contribution in [3.05, 3.63) is 95.6 Å². The summed E-state index contributed by atoms with van der Waals surface area (Å²) in [5.74, 6) is 0.0801. The number of amides is 1. The fourth-order valence-electron chi connectivity index (χ4n) is 3.01. The average Bonchev–Trinajstić information content (AvgIpc) is 2.94. The second-order valence-corrected chi connectivity index (χ2v) is 6.60. The zero-order valence-corrected chi connectivity index (χ0v) is 15.2. The van der Waals surface area contributed by atoms with E-state index in [2.05, 4.69) is 60.0 Å². The normalized spacial score (nSPS) is 13.2. The summed E-state index contributed by atoms with van der Waals surface area (Å²) in [7, 11) is 0. The number of aryl methyl sites for hydroxylation is 2. The van der Waals surface area contributed by atoms with E-state index < -0.39 is 0 Å². The van der Waals surface area contributed by atoms with Crippen LogP contribution >= 0.6 is 0 Å².